The maximum absolute atomic E-state index is 12.0. The zero-order chi connectivity index (χ0) is 16.2. The van der Waals surface area contributed by atoms with Crippen molar-refractivity contribution in [1.82, 2.24) is 5.32 Å². The summed E-state index contributed by atoms with van der Waals surface area (Å²) >= 11 is 0. The molecule has 2 rings (SSSR count). The van der Waals surface area contributed by atoms with Gasteiger partial charge in [-0.25, -0.2) is 4.99 Å². The summed E-state index contributed by atoms with van der Waals surface area (Å²) in [6, 6.07) is 5.24. The molecule has 1 amide bonds. The Morgan fingerprint density at radius 2 is 1.95 bits per heavy atom. The molecule has 0 atom stereocenters. The first-order valence-electron chi connectivity index (χ1n) is 6.54. The van der Waals surface area contributed by atoms with E-state index in [2.05, 4.69) is 20.4 Å². The van der Waals surface area contributed by atoms with Crippen molar-refractivity contribution < 1.29 is 22.7 Å². The van der Waals surface area contributed by atoms with Crippen molar-refractivity contribution >= 4 is 17.6 Å². The van der Waals surface area contributed by atoms with Crippen LogP contribution < -0.4 is 21.1 Å². The Labute approximate surface area is 124 Å². The summed E-state index contributed by atoms with van der Waals surface area (Å²) in [6.45, 7) is -0.107. The number of aliphatic imine (C=N–C) groups is 1. The van der Waals surface area contributed by atoms with Crippen molar-refractivity contribution in [3.63, 3.8) is 0 Å². The zero-order valence-electron chi connectivity index (χ0n) is 11.5. The number of nitrogens with one attached hydrogen (secondary N) is 2. The smallest absolute Gasteiger partial charge is 0.406 e. The van der Waals surface area contributed by atoms with Gasteiger partial charge in [-0.05, 0) is 37.1 Å². The number of hydrogen-bond donors (Lipinski definition) is 3. The van der Waals surface area contributed by atoms with E-state index in [-0.39, 0.29) is 30.2 Å². The van der Waals surface area contributed by atoms with Crippen molar-refractivity contribution in [3.05, 3.63) is 24.3 Å². The third-order valence-electron chi connectivity index (χ3n) is 2.70. The average Bonchev–Trinajstić information content (AvgIpc) is 3.21. The number of nitrogens with two attached hydrogens (primary N) is 1. The quantitative estimate of drug-likeness (QED) is 0.568. The highest BCUT2D eigenvalue weighted by Crippen LogP contribution is 2.23. The number of halogens is 3. The first-order valence-corrected chi connectivity index (χ1v) is 6.54. The third kappa shape index (κ3) is 5.90. The number of benzene rings is 1. The molecule has 0 unspecified atom stereocenters. The van der Waals surface area contributed by atoms with Gasteiger partial charge in [0.05, 0.1) is 0 Å². The van der Waals surface area contributed by atoms with E-state index < -0.39 is 6.36 Å². The Bertz CT molecular complexity index is 553. The Balaban J connectivity index is 1.82. The van der Waals surface area contributed by atoms with Crippen molar-refractivity contribution in [2.75, 3.05) is 11.9 Å². The summed E-state index contributed by atoms with van der Waals surface area (Å²) in [4.78, 5) is 15.2. The van der Waals surface area contributed by atoms with Crippen LogP contribution in [0.1, 0.15) is 12.8 Å². The monoisotopic (exact) mass is 316 g/mol. The molecule has 0 spiro atoms. The minimum absolute atomic E-state index is 0.00423. The summed E-state index contributed by atoms with van der Waals surface area (Å²) in [5.41, 5.74) is 6.02. The van der Waals surface area contributed by atoms with Gasteiger partial charge < -0.3 is 21.1 Å². The molecule has 1 saturated carbocycles. The summed E-state index contributed by atoms with van der Waals surface area (Å²) in [7, 11) is 0. The van der Waals surface area contributed by atoms with Crippen LogP contribution >= 0.6 is 0 Å². The van der Waals surface area contributed by atoms with E-state index in [0.717, 1.165) is 25.0 Å². The maximum atomic E-state index is 12.0. The second-order valence-corrected chi connectivity index (χ2v) is 4.74. The molecule has 0 aromatic heterocycles. The standard InChI is InChI=1S/C13H15F3N4O2/c14-13(15,16)22-10-5-3-9(4-6-10)20-12(17)18-7-11(21)19-8-1-2-8/h3-6,8H,1-2,7H2,(H,19,21)(H3,17,18,20). The van der Waals surface area contributed by atoms with Crippen LogP contribution in [0.25, 0.3) is 0 Å². The van der Waals surface area contributed by atoms with Crippen LogP contribution in [-0.4, -0.2) is 30.8 Å². The summed E-state index contributed by atoms with van der Waals surface area (Å²) in [5.74, 6) is -0.561. The van der Waals surface area contributed by atoms with E-state index in [1.54, 1.807) is 0 Å². The minimum Gasteiger partial charge on any atom is -0.406 e. The number of amides is 1. The number of rotatable bonds is 5. The van der Waals surface area contributed by atoms with Crippen LogP contribution in [0.2, 0.25) is 0 Å². The largest absolute Gasteiger partial charge is 0.573 e. The Hall–Kier alpha value is -2.45. The van der Waals surface area contributed by atoms with E-state index in [4.69, 9.17) is 5.73 Å². The molecule has 0 aliphatic heterocycles. The summed E-state index contributed by atoms with van der Waals surface area (Å²) in [5, 5.41) is 5.42. The van der Waals surface area contributed by atoms with Crippen molar-refractivity contribution in [2.24, 2.45) is 10.7 Å². The molecule has 0 saturated heterocycles. The second kappa shape index (κ2) is 6.54. The van der Waals surface area contributed by atoms with Gasteiger partial charge in [0.25, 0.3) is 0 Å². The molecule has 4 N–H and O–H groups in total. The zero-order valence-corrected chi connectivity index (χ0v) is 11.5. The molecule has 1 fully saturated rings. The molecular weight excluding hydrogens is 301 g/mol. The molecule has 1 aromatic carbocycles. The molecule has 22 heavy (non-hydrogen) atoms. The number of anilines is 1. The maximum Gasteiger partial charge on any atom is 0.573 e. The lowest BCUT2D eigenvalue weighted by Crippen LogP contribution is -2.30. The first-order chi connectivity index (χ1) is 10.3. The minimum atomic E-state index is -4.73. The first kappa shape index (κ1) is 15.9. The van der Waals surface area contributed by atoms with Crippen LogP contribution in [-0.2, 0) is 4.79 Å². The van der Waals surface area contributed by atoms with Crippen LogP contribution in [0, 0.1) is 0 Å². The molecule has 6 nitrogen and oxygen atoms in total. The number of guanidine groups is 1. The highest BCUT2D eigenvalue weighted by atomic mass is 19.4. The number of carbonyl (C=O) groups excluding carboxylic acids is 1. The molecule has 9 heteroatoms. The van der Waals surface area contributed by atoms with Crippen molar-refractivity contribution in [1.29, 1.82) is 0 Å². The predicted molar refractivity (Wildman–Crippen MR) is 74.4 cm³/mol. The number of carbonyl (C=O) groups is 1. The average molecular weight is 316 g/mol. The SMILES string of the molecule is NC(=NCC(=O)NC1CC1)Nc1ccc(OC(F)(F)F)cc1. The predicted octanol–water partition coefficient (Wildman–Crippen LogP) is 1.59. The molecule has 0 radical (unpaired) electrons. The van der Waals surface area contributed by atoms with Gasteiger partial charge in [0.15, 0.2) is 5.96 Å². The topological polar surface area (TPSA) is 88.7 Å². The van der Waals surface area contributed by atoms with Crippen LogP contribution in [0.5, 0.6) is 5.75 Å². The van der Waals surface area contributed by atoms with E-state index in [1.807, 2.05) is 0 Å². The fourth-order valence-electron chi connectivity index (χ4n) is 1.59. The number of ether oxygens (including phenoxy) is 1. The van der Waals surface area contributed by atoms with E-state index in [9.17, 15) is 18.0 Å². The van der Waals surface area contributed by atoms with Gasteiger partial charge >= 0.3 is 6.36 Å². The lowest BCUT2D eigenvalue weighted by atomic mass is 10.3. The molecule has 0 bridgehead atoms. The van der Waals surface area contributed by atoms with Gasteiger partial charge in [-0.3, -0.25) is 4.79 Å². The Kier molecular flexibility index (Phi) is 4.74. The van der Waals surface area contributed by atoms with Gasteiger partial charge in [0.2, 0.25) is 5.91 Å². The van der Waals surface area contributed by atoms with Gasteiger partial charge in [-0.15, -0.1) is 13.2 Å². The van der Waals surface area contributed by atoms with E-state index in [0.29, 0.717) is 5.69 Å². The number of alkyl halides is 3. The molecule has 0 heterocycles. The Morgan fingerprint density at radius 3 is 2.50 bits per heavy atom. The van der Waals surface area contributed by atoms with Crippen LogP contribution in [0.3, 0.4) is 0 Å². The van der Waals surface area contributed by atoms with Crippen LogP contribution in [0.15, 0.2) is 29.3 Å². The van der Waals surface area contributed by atoms with Crippen molar-refractivity contribution in [2.45, 2.75) is 25.2 Å². The van der Waals surface area contributed by atoms with Crippen molar-refractivity contribution in [3.8, 4) is 5.75 Å². The molecule has 120 valence electrons. The van der Waals surface area contributed by atoms with Gasteiger partial charge in [-0.1, -0.05) is 0 Å². The van der Waals surface area contributed by atoms with Gasteiger partial charge in [0, 0.05) is 11.7 Å². The highest BCUT2D eigenvalue weighted by Gasteiger charge is 2.30. The summed E-state index contributed by atoms with van der Waals surface area (Å²) < 4.78 is 39.8. The van der Waals surface area contributed by atoms with E-state index in [1.165, 1.54) is 12.1 Å². The fourth-order valence-corrected chi connectivity index (χ4v) is 1.59. The number of nitrogens with zero attached hydrogens (tertiary/aromatic N) is 1. The second-order valence-electron chi connectivity index (χ2n) is 4.74. The fraction of sp³-hybridized carbons (Fsp3) is 0.385. The molecule has 1 aromatic rings. The van der Waals surface area contributed by atoms with Crippen LogP contribution in [0.4, 0.5) is 18.9 Å². The third-order valence-corrected chi connectivity index (χ3v) is 2.70. The van der Waals surface area contributed by atoms with Gasteiger partial charge in [-0.2, -0.15) is 0 Å². The molecule has 1 aliphatic rings. The summed E-state index contributed by atoms with van der Waals surface area (Å²) in [6.07, 6.45) is -2.77. The normalized spacial score (nSPS) is 15.3. The Morgan fingerprint density at radius 1 is 1.32 bits per heavy atom. The molecule has 1 aliphatic carbocycles. The number of hydrogen-bond acceptors (Lipinski definition) is 3. The lowest BCUT2D eigenvalue weighted by molar-refractivity contribution is -0.274. The molecular formula is C13H15F3N4O2. The van der Waals surface area contributed by atoms with E-state index >= 15 is 0 Å². The lowest BCUT2D eigenvalue weighted by Gasteiger charge is -2.10. The highest BCUT2D eigenvalue weighted by molar-refractivity contribution is 5.93. The van der Waals surface area contributed by atoms with Gasteiger partial charge in [0.1, 0.15) is 12.3 Å².